The lowest BCUT2D eigenvalue weighted by atomic mass is 10.1. The third kappa shape index (κ3) is 3.21. The van der Waals surface area contributed by atoms with Gasteiger partial charge >= 0.3 is 6.18 Å². The molecule has 10 heteroatoms. The highest BCUT2D eigenvalue weighted by Gasteiger charge is 2.30. The molecular weight excluding hydrogens is 371 g/mol. The van der Waals surface area contributed by atoms with Crippen LogP contribution in [0.25, 0.3) is 16.9 Å². The van der Waals surface area contributed by atoms with Gasteiger partial charge in [0, 0.05) is 17.4 Å². The first-order chi connectivity index (χ1) is 13.5. The molecule has 0 aliphatic rings. The molecule has 0 atom stereocenters. The molecule has 1 N–H and O–H groups in total. The Balaban J connectivity index is 1.65. The molecule has 0 amide bonds. The van der Waals surface area contributed by atoms with E-state index in [-0.39, 0.29) is 5.95 Å². The monoisotopic (exact) mass is 381 g/mol. The average Bonchev–Trinajstić information content (AvgIpc) is 3.09. The second kappa shape index (κ2) is 6.62. The zero-order valence-electron chi connectivity index (χ0n) is 14.0. The van der Waals surface area contributed by atoms with Gasteiger partial charge in [-0.15, -0.1) is 10.2 Å². The van der Waals surface area contributed by atoms with E-state index >= 15 is 0 Å². The summed E-state index contributed by atoms with van der Waals surface area (Å²) in [6, 6.07) is 11.6. The first-order valence-electron chi connectivity index (χ1n) is 7.97. The summed E-state index contributed by atoms with van der Waals surface area (Å²) in [6.07, 6.45) is -1.31. The number of halogens is 3. The minimum Gasteiger partial charge on any atom is -0.323 e. The average molecular weight is 381 g/mol. The van der Waals surface area contributed by atoms with Gasteiger partial charge in [-0.2, -0.15) is 28.0 Å². The van der Waals surface area contributed by atoms with Gasteiger partial charge in [0.05, 0.1) is 23.0 Å². The van der Waals surface area contributed by atoms with Gasteiger partial charge in [0.2, 0.25) is 5.95 Å². The lowest BCUT2D eigenvalue weighted by Gasteiger charge is -2.08. The highest BCUT2D eigenvalue weighted by Crippen LogP contribution is 2.30. The molecule has 0 saturated heterocycles. The number of fused-ring (bicyclic) bond motifs is 1. The summed E-state index contributed by atoms with van der Waals surface area (Å²) in [4.78, 5) is 4.20. The van der Waals surface area contributed by atoms with Crippen molar-refractivity contribution in [2.24, 2.45) is 0 Å². The fourth-order valence-corrected chi connectivity index (χ4v) is 2.60. The van der Waals surface area contributed by atoms with Crippen molar-refractivity contribution in [3.05, 3.63) is 66.0 Å². The molecule has 0 radical (unpaired) electrons. The van der Waals surface area contributed by atoms with E-state index in [1.165, 1.54) is 22.8 Å². The third-order valence-corrected chi connectivity index (χ3v) is 3.93. The number of benzene rings is 1. The number of nitrogens with zero attached hydrogens (tertiary/aromatic N) is 6. The van der Waals surface area contributed by atoms with Crippen LogP contribution in [0.2, 0.25) is 0 Å². The van der Waals surface area contributed by atoms with Crippen LogP contribution in [0.3, 0.4) is 0 Å². The van der Waals surface area contributed by atoms with E-state index in [4.69, 9.17) is 0 Å². The van der Waals surface area contributed by atoms with E-state index in [0.717, 1.165) is 12.1 Å². The van der Waals surface area contributed by atoms with Gasteiger partial charge in [0.15, 0.2) is 5.65 Å². The maximum Gasteiger partial charge on any atom is 0.416 e. The summed E-state index contributed by atoms with van der Waals surface area (Å²) in [5.74, 6) is 0.239. The van der Waals surface area contributed by atoms with Crippen molar-refractivity contribution in [1.29, 1.82) is 5.26 Å². The summed E-state index contributed by atoms with van der Waals surface area (Å²) < 4.78 is 39.4. The van der Waals surface area contributed by atoms with Crippen molar-refractivity contribution >= 4 is 17.3 Å². The molecule has 0 spiro atoms. The number of aromatic nitrogens is 5. The summed E-state index contributed by atoms with van der Waals surface area (Å²) in [7, 11) is 0. The molecule has 0 bridgehead atoms. The molecule has 7 nitrogen and oxygen atoms in total. The number of anilines is 2. The predicted molar refractivity (Wildman–Crippen MR) is 93.5 cm³/mol. The summed E-state index contributed by atoms with van der Waals surface area (Å²) in [5.41, 5.74) is 1.52. The van der Waals surface area contributed by atoms with Crippen LogP contribution in [0.4, 0.5) is 24.8 Å². The Hall–Kier alpha value is -4.00. The van der Waals surface area contributed by atoms with Crippen LogP contribution in [0.15, 0.2) is 54.9 Å². The normalized spacial score (nSPS) is 11.4. The van der Waals surface area contributed by atoms with E-state index in [1.807, 2.05) is 0 Å². The summed E-state index contributed by atoms with van der Waals surface area (Å²) in [5, 5.41) is 24.3. The van der Waals surface area contributed by atoms with Gasteiger partial charge in [-0.05, 0) is 42.5 Å². The van der Waals surface area contributed by atoms with E-state index in [0.29, 0.717) is 28.2 Å². The minimum atomic E-state index is -4.40. The standard InChI is InChI=1S/C18H10F3N7/c19-18(20,21)13-3-5-14(6-4-13)25-17-27-26-15-8-12(10-24-28(15)17)16-11(9-22)2-1-7-23-16/h1-8,10H,(H,25,27). The van der Waals surface area contributed by atoms with Crippen molar-refractivity contribution in [2.45, 2.75) is 6.18 Å². The fourth-order valence-electron chi connectivity index (χ4n) is 2.60. The summed E-state index contributed by atoms with van der Waals surface area (Å²) >= 11 is 0. The topological polar surface area (TPSA) is 91.8 Å². The first kappa shape index (κ1) is 17.4. The largest absolute Gasteiger partial charge is 0.416 e. The highest BCUT2D eigenvalue weighted by atomic mass is 19.4. The number of hydrogen-bond donors (Lipinski definition) is 1. The second-order valence-corrected chi connectivity index (χ2v) is 5.75. The van der Waals surface area contributed by atoms with E-state index in [2.05, 4.69) is 31.7 Å². The van der Waals surface area contributed by atoms with Crippen LogP contribution in [0, 0.1) is 11.3 Å². The third-order valence-electron chi connectivity index (χ3n) is 3.93. The summed E-state index contributed by atoms with van der Waals surface area (Å²) in [6.45, 7) is 0. The fraction of sp³-hybridized carbons (Fsp3) is 0.0556. The Morgan fingerprint density at radius 2 is 1.86 bits per heavy atom. The Bertz CT molecular complexity index is 1190. The van der Waals surface area contributed by atoms with Crippen molar-refractivity contribution in [3.8, 4) is 17.3 Å². The Morgan fingerprint density at radius 1 is 1.07 bits per heavy atom. The number of pyridine rings is 1. The van der Waals surface area contributed by atoms with Gasteiger partial charge in [-0.3, -0.25) is 4.98 Å². The van der Waals surface area contributed by atoms with Crippen LogP contribution >= 0.6 is 0 Å². The van der Waals surface area contributed by atoms with Crippen LogP contribution in [-0.4, -0.2) is 24.8 Å². The molecule has 28 heavy (non-hydrogen) atoms. The molecule has 4 aromatic rings. The van der Waals surface area contributed by atoms with Gasteiger partial charge in [-0.1, -0.05) is 0 Å². The molecule has 0 unspecified atom stereocenters. The molecular formula is C18H10F3N7. The quantitative estimate of drug-likeness (QED) is 0.580. The lowest BCUT2D eigenvalue weighted by Crippen LogP contribution is -2.05. The molecule has 0 saturated carbocycles. The number of rotatable bonds is 3. The second-order valence-electron chi connectivity index (χ2n) is 5.75. The Morgan fingerprint density at radius 3 is 2.57 bits per heavy atom. The number of nitriles is 1. The number of nitrogens with one attached hydrogen (secondary N) is 1. The molecule has 1 aromatic carbocycles. The van der Waals surface area contributed by atoms with Crippen LogP contribution in [0.1, 0.15) is 11.1 Å². The SMILES string of the molecule is N#Cc1cccnc1-c1cnn2c(Nc3ccc(C(F)(F)F)cc3)nnc2c1. The smallest absolute Gasteiger partial charge is 0.323 e. The van der Waals surface area contributed by atoms with Crippen molar-refractivity contribution in [2.75, 3.05) is 5.32 Å². The minimum absolute atomic E-state index is 0.239. The van der Waals surface area contributed by atoms with E-state index < -0.39 is 11.7 Å². The van der Waals surface area contributed by atoms with Crippen LogP contribution < -0.4 is 5.32 Å². The van der Waals surface area contributed by atoms with Crippen LogP contribution in [0.5, 0.6) is 0 Å². The van der Waals surface area contributed by atoms with Gasteiger partial charge in [0.25, 0.3) is 0 Å². The lowest BCUT2D eigenvalue weighted by molar-refractivity contribution is -0.137. The van der Waals surface area contributed by atoms with Gasteiger partial charge < -0.3 is 5.32 Å². The maximum atomic E-state index is 12.7. The van der Waals surface area contributed by atoms with Crippen LogP contribution in [-0.2, 0) is 6.18 Å². The zero-order valence-corrected chi connectivity index (χ0v) is 14.0. The predicted octanol–water partition coefficient (Wildman–Crippen LogP) is 3.82. The Kier molecular flexibility index (Phi) is 4.12. The highest BCUT2D eigenvalue weighted by molar-refractivity contribution is 5.69. The number of hydrogen-bond acceptors (Lipinski definition) is 6. The van der Waals surface area contributed by atoms with Crippen molar-refractivity contribution in [1.82, 2.24) is 24.8 Å². The van der Waals surface area contributed by atoms with Gasteiger partial charge in [0.1, 0.15) is 6.07 Å². The first-order valence-corrected chi connectivity index (χ1v) is 7.97. The van der Waals surface area contributed by atoms with Gasteiger partial charge in [-0.25, -0.2) is 0 Å². The number of alkyl halides is 3. The molecule has 0 fully saturated rings. The van der Waals surface area contributed by atoms with Crippen molar-refractivity contribution in [3.63, 3.8) is 0 Å². The molecule has 138 valence electrons. The molecule has 0 aliphatic carbocycles. The van der Waals surface area contributed by atoms with E-state index in [9.17, 15) is 18.4 Å². The van der Waals surface area contributed by atoms with Crippen molar-refractivity contribution < 1.29 is 13.2 Å². The molecule has 0 aliphatic heterocycles. The molecule has 4 rings (SSSR count). The maximum absolute atomic E-state index is 12.7. The zero-order chi connectivity index (χ0) is 19.7. The molecule has 3 aromatic heterocycles. The van der Waals surface area contributed by atoms with E-state index in [1.54, 1.807) is 24.4 Å². The Labute approximate surface area is 156 Å². The molecule has 3 heterocycles.